The molecule has 14 heavy (non-hydrogen) atoms. The molecule has 4 heteroatoms. The van der Waals surface area contributed by atoms with Gasteiger partial charge >= 0.3 is 0 Å². The largest absolute Gasteiger partial charge is 0.385 e. The van der Waals surface area contributed by atoms with Crippen LogP contribution in [0.1, 0.15) is 13.3 Å². The molecule has 1 atom stereocenters. The van der Waals surface area contributed by atoms with Crippen LogP contribution in [0.3, 0.4) is 0 Å². The maximum absolute atomic E-state index is 5.41. The second-order valence-corrected chi connectivity index (χ2v) is 4.18. The first kappa shape index (κ1) is 14.2. The van der Waals surface area contributed by atoms with E-state index in [1.807, 2.05) is 11.8 Å². The monoisotopic (exact) mass is 221 g/mol. The zero-order valence-corrected chi connectivity index (χ0v) is 10.4. The van der Waals surface area contributed by atoms with Gasteiger partial charge in [0.1, 0.15) is 0 Å². The van der Waals surface area contributed by atoms with E-state index in [0.29, 0.717) is 6.04 Å². The highest BCUT2D eigenvalue weighted by molar-refractivity contribution is 7.98. The van der Waals surface area contributed by atoms with Gasteiger partial charge in [0.05, 0.1) is 6.61 Å². The lowest BCUT2D eigenvalue weighted by Crippen LogP contribution is -2.31. The molecule has 0 heterocycles. The van der Waals surface area contributed by atoms with Crippen LogP contribution in [0.15, 0.2) is 0 Å². The highest BCUT2D eigenvalue weighted by Gasteiger charge is 1.98. The van der Waals surface area contributed by atoms with Gasteiger partial charge in [0.25, 0.3) is 0 Å². The van der Waals surface area contributed by atoms with Crippen LogP contribution >= 0.6 is 11.8 Å². The Hall–Kier alpha value is 0.230. The molecular weight excluding hydrogens is 198 g/mol. The van der Waals surface area contributed by atoms with E-state index in [4.69, 9.17) is 9.47 Å². The second-order valence-electron chi connectivity index (χ2n) is 3.27. The fourth-order valence-corrected chi connectivity index (χ4v) is 1.71. The van der Waals surface area contributed by atoms with E-state index in [9.17, 15) is 0 Å². The van der Waals surface area contributed by atoms with Gasteiger partial charge in [-0.05, 0) is 19.6 Å². The molecule has 0 aromatic heterocycles. The SMILES string of the molecule is COCCCOCCNC(C)CSC. The van der Waals surface area contributed by atoms with Crippen LogP contribution in [-0.4, -0.2) is 51.5 Å². The maximum Gasteiger partial charge on any atom is 0.0591 e. The van der Waals surface area contributed by atoms with Crippen molar-refractivity contribution in [2.24, 2.45) is 0 Å². The molecule has 0 aliphatic rings. The summed E-state index contributed by atoms with van der Waals surface area (Å²) in [4.78, 5) is 0. The average Bonchev–Trinajstić information content (AvgIpc) is 2.17. The topological polar surface area (TPSA) is 30.5 Å². The Labute approximate surface area is 91.9 Å². The van der Waals surface area contributed by atoms with Gasteiger partial charge in [-0.25, -0.2) is 0 Å². The van der Waals surface area contributed by atoms with Crippen molar-refractivity contribution in [3.63, 3.8) is 0 Å². The summed E-state index contributed by atoms with van der Waals surface area (Å²) >= 11 is 1.86. The smallest absolute Gasteiger partial charge is 0.0591 e. The van der Waals surface area contributed by atoms with Crippen LogP contribution in [0.25, 0.3) is 0 Å². The van der Waals surface area contributed by atoms with Crippen molar-refractivity contribution in [3.8, 4) is 0 Å². The summed E-state index contributed by atoms with van der Waals surface area (Å²) < 4.78 is 10.3. The first-order valence-corrected chi connectivity index (χ1v) is 6.49. The van der Waals surface area contributed by atoms with Crippen molar-refractivity contribution >= 4 is 11.8 Å². The van der Waals surface area contributed by atoms with E-state index < -0.39 is 0 Å². The minimum atomic E-state index is 0.576. The summed E-state index contributed by atoms with van der Waals surface area (Å²) in [6.07, 6.45) is 3.11. The number of nitrogens with one attached hydrogen (secondary N) is 1. The van der Waals surface area contributed by atoms with Gasteiger partial charge in [-0.3, -0.25) is 0 Å². The molecule has 0 radical (unpaired) electrons. The normalized spacial score (nSPS) is 13.1. The molecule has 0 rings (SSSR count). The Morgan fingerprint density at radius 1 is 1.29 bits per heavy atom. The number of methoxy groups -OCH3 is 1. The van der Waals surface area contributed by atoms with Gasteiger partial charge in [-0.1, -0.05) is 0 Å². The van der Waals surface area contributed by atoms with Gasteiger partial charge in [0.15, 0.2) is 0 Å². The molecule has 0 bridgehead atoms. The Balaban J connectivity index is 2.98. The van der Waals surface area contributed by atoms with E-state index in [0.717, 1.165) is 38.5 Å². The van der Waals surface area contributed by atoms with Crippen molar-refractivity contribution in [2.75, 3.05) is 45.5 Å². The molecule has 1 unspecified atom stereocenters. The predicted octanol–water partition coefficient (Wildman–Crippen LogP) is 1.38. The summed E-state index contributed by atoms with van der Waals surface area (Å²) in [5, 5.41) is 3.40. The minimum absolute atomic E-state index is 0.576. The first-order chi connectivity index (χ1) is 6.81. The fraction of sp³-hybridized carbons (Fsp3) is 1.00. The van der Waals surface area contributed by atoms with E-state index in [-0.39, 0.29) is 0 Å². The van der Waals surface area contributed by atoms with Crippen LogP contribution in [0.2, 0.25) is 0 Å². The lowest BCUT2D eigenvalue weighted by Gasteiger charge is -2.12. The molecule has 0 aromatic carbocycles. The Morgan fingerprint density at radius 3 is 2.71 bits per heavy atom. The van der Waals surface area contributed by atoms with Crippen LogP contribution in [0.4, 0.5) is 0 Å². The van der Waals surface area contributed by atoms with Crippen LogP contribution in [0.5, 0.6) is 0 Å². The Bertz CT molecular complexity index is 114. The minimum Gasteiger partial charge on any atom is -0.385 e. The third kappa shape index (κ3) is 10.3. The lowest BCUT2D eigenvalue weighted by molar-refractivity contribution is 0.103. The summed E-state index contributed by atoms with van der Waals surface area (Å²) in [6, 6.07) is 0.576. The fourth-order valence-electron chi connectivity index (χ4n) is 1.09. The molecular formula is C10H23NO2S. The molecule has 1 N–H and O–H groups in total. The van der Waals surface area contributed by atoms with Crippen LogP contribution < -0.4 is 5.32 Å². The summed E-state index contributed by atoms with van der Waals surface area (Å²) in [5.74, 6) is 1.16. The van der Waals surface area contributed by atoms with E-state index >= 15 is 0 Å². The van der Waals surface area contributed by atoms with Crippen molar-refractivity contribution in [2.45, 2.75) is 19.4 Å². The van der Waals surface area contributed by atoms with E-state index in [1.165, 1.54) is 0 Å². The molecule has 3 nitrogen and oxygen atoms in total. The number of hydrogen-bond donors (Lipinski definition) is 1. The molecule has 0 amide bonds. The third-order valence-corrected chi connectivity index (χ3v) is 2.63. The van der Waals surface area contributed by atoms with Gasteiger partial charge in [-0.2, -0.15) is 11.8 Å². The number of ether oxygens (including phenoxy) is 2. The third-order valence-electron chi connectivity index (χ3n) is 1.79. The van der Waals surface area contributed by atoms with Gasteiger partial charge in [0.2, 0.25) is 0 Å². The molecule has 86 valence electrons. The quantitative estimate of drug-likeness (QED) is 0.565. The van der Waals surface area contributed by atoms with E-state index in [1.54, 1.807) is 7.11 Å². The summed E-state index contributed by atoms with van der Waals surface area (Å²) in [6.45, 7) is 5.52. The molecule has 0 spiro atoms. The van der Waals surface area contributed by atoms with Gasteiger partial charge in [0, 0.05) is 38.7 Å². The standard InChI is InChI=1S/C10H23NO2S/c1-10(9-14-3)11-5-8-13-7-4-6-12-2/h10-11H,4-9H2,1-3H3. The number of thioether (sulfide) groups is 1. The Kier molecular flexibility index (Phi) is 11.5. The van der Waals surface area contributed by atoms with Crippen LogP contribution in [0, 0.1) is 0 Å². The molecule has 0 saturated heterocycles. The van der Waals surface area contributed by atoms with Crippen molar-refractivity contribution in [3.05, 3.63) is 0 Å². The highest BCUT2D eigenvalue weighted by atomic mass is 32.2. The average molecular weight is 221 g/mol. The molecule has 0 aromatic rings. The highest BCUT2D eigenvalue weighted by Crippen LogP contribution is 1.95. The first-order valence-electron chi connectivity index (χ1n) is 5.10. The van der Waals surface area contributed by atoms with Crippen molar-refractivity contribution in [1.82, 2.24) is 5.32 Å². The van der Waals surface area contributed by atoms with Gasteiger partial charge in [-0.15, -0.1) is 0 Å². The van der Waals surface area contributed by atoms with Crippen LogP contribution in [-0.2, 0) is 9.47 Å². The molecule has 0 aliphatic carbocycles. The van der Waals surface area contributed by atoms with Crippen molar-refractivity contribution < 1.29 is 9.47 Å². The zero-order valence-electron chi connectivity index (χ0n) is 9.54. The maximum atomic E-state index is 5.41. The molecule has 0 aliphatic heterocycles. The van der Waals surface area contributed by atoms with Gasteiger partial charge < -0.3 is 14.8 Å². The zero-order chi connectivity index (χ0) is 10.6. The molecule has 0 saturated carbocycles. The number of rotatable bonds is 10. The summed E-state index contributed by atoms with van der Waals surface area (Å²) in [7, 11) is 1.71. The van der Waals surface area contributed by atoms with E-state index in [2.05, 4.69) is 18.5 Å². The Morgan fingerprint density at radius 2 is 2.07 bits per heavy atom. The van der Waals surface area contributed by atoms with Crippen molar-refractivity contribution in [1.29, 1.82) is 0 Å². The lowest BCUT2D eigenvalue weighted by atomic mass is 10.4. The number of hydrogen-bond acceptors (Lipinski definition) is 4. The second kappa shape index (κ2) is 11.3. The summed E-state index contributed by atoms with van der Waals surface area (Å²) in [5.41, 5.74) is 0. The predicted molar refractivity (Wildman–Crippen MR) is 63.2 cm³/mol. The molecule has 0 fully saturated rings.